The van der Waals surface area contributed by atoms with Crippen molar-refractivity contribution in [2.45, 2.75) is 40.2 Å². The first-order chi connectivity index (χ1) is 11.7. The van der Waals surface area contributed by atoms with E-state index in [1.807, 2.05) is 39.8 Å². The van der Waals surface area contributed by atoms with Gasteiger partial charge in [-0.15, -0.1) is 0 Å². The summed E-state index contributed by atoms with van der Waals surface area (Å²) < 4.78 is 37.7. The molecule has 8 nitrogen and oxygen atoms in total. The molecule has 2 N–H and O–H groups in total. The van der Waals surface area contributed by atoms with E-state index >= 15 is 0 Å². The van der Waals surface area contributed by atoms with Gasteiger partial charge >= 0.3 is 5.97 Å². The zero-order valence-corrected chi connectivity index (χ0v) is 16.3. The van der Waals surface area contributed by atoms with Crippen LogP contribution >= 0.6 is 0 Å². The van der Waals surface area contributed by atoms with E-state index in [0.717, 1.165) is 17.1 Å². The standard InChI is InChI=1S/C17H24N2O2.ClHO4/c1-7-21-16(20)13-8-10-14(11-9-13)18-15(12(2)3)19-17(4,5)6;2-1(3,4)5/h8-11H,2,7H2,1,3-6H3,(H,18,19);(H,2,3,4,5). The first kappa shape index (κ1) is 24.0. The van der Waals surface area contributed by atoms with Gasteiger partial charge in [-0.3, -0.25) is 4.99 Å². The summed E-state index contributed by atoms with van der Waals surface area (Å²) in [5.74, 6) is 0.430. The molecule has 146 valence electrons. The van der Waals surface area contributed by atoms with Crippen molar-refractivity contribution in [3.05, 3.63) is 42.0 Å². The SMILES string of the molecule is C=C(C)C(=NC(C)(C)C)Nc1ccc(C(=O)OCC)cc1.[O-][Cl+3]([O-])([O-])O. The molecule has 0 atom stereocenters. The number of nitrogens with zero attached hydrogens (tertiary/aromatic N) is 1. The van der Waals surface area contributed by atoms with Crippen molar-refractivity contribution in [1.29, 1.82) is 0 Å². The zero-order chi connectivity index (χ0) is 20.5. The Labute approximate surface area is 155 Å². The van der Waals surface area contributed by atoms with Crippen LogP contribution in [-0.4, -0.2) is 28.6 Å². The van der Waals surface area contributed by atoms with Gasteiger partial charge in [-0.05, 0) is 64.5 Å². The molecule has 9 heteroatoms. The highest BCUT2D eigenvalue weighted by Gasteiger charge is 2.11. The number of esters is 1. The molecule has 0 amide bonds. The van der Waals surface area contributed by atoms with Gasteiger partial charge in [0, 0.05) is 5.69 Å². The van der Waals surface area contributed by atoms with Crippen molar-refractivity contribution in [2.24, 2.45) is 4.99 Å². The Balaban J connectivity index is 0.00000110. The Morgan fingerprint density at radius 1 is 1.27 bits per heavy atom. The first-order valence-electron chi connectivity index (χ1n) is 7.66. The average molecular weight is 389 g/mol. The first-order valence-corrected chi connectivity index (χ1v) is 8.92. The van der Waals surface area contributed by atoms with Gasteiger partial charge in [0.2, 0.25) is 0 Å². The van der Waals surface area contributed by atoms with Gasteiger partial charge in [-0.1, -0.05) is 6.58 Å². The van der Waals surface area contributed by atoms with Crippen LogP contribution in [0.1, 0.15) is 45.0 Å². The van der Waals surface area contributed by atoms with Gasteiger partial charge in [-0.25, -0.2) is 4.79 Å². The van der Waals surface area contributed by atoms with Crippen molar-refractivity contribution in [3.8, 4) is 0 Å². The van der Waals surface area contributed by atoms with Crippen LogP contribution < -0.4 is 19.3 Å². The third-order valence-electron chi connectivity index (χ3n) is 2.51. The van der Waals surface area contributed by atoms with Crippen LogP contribution in [0.3, 0.4) is 0 Å². The quantitative estimate of drug-likeness (QED) is 0.417. The van der Waals surface area contributed by atoms with E-state index in [0.29, 0.717) is 12.2 Å². The lowest BCUT2D eigenvalue weighted by Gasteiger charge is -2.17. The van der Waals surface area contributed by atoms with Crippen LogP contribution in [-0.2, 0) is 4.74 Å². The van der Waals surface area contributed by atoms with E-state index in [4.69, 9.17) is 23.4 Å². The van der Waals surface area contributed by atoms with Gasteiger partial charge < -0.3 is 10.1 Å². The summed E-state index contributed by atoms with van der Waals surface area (Å²) in [7, 11) is -4.69. The normalized spacial score (nSPS) is 12.0. The van der Waals surface area contributed by atoms with Gasteiger partial charge in [0.15, 0.2) is 0 Å². The number of carbonyl (C=O) groups is 1. The topological polar surface area (TPSA) is 140 Å². The Bertz CT molecular complexity index is 624. The largest absolute Gasteiger partial charge is 0.462 e. The Morgan fingerprint density at radius 2 is 1.73 bits per heavy atom. The fraction of sp³-hybridized carbons (Fsp3) is 0.412. The molecule has 0 radical (unpaired) electrons. The van der Waals surface area contributed by atoms with Crippen molar-refractivity contribution in [3.63, 3.8) is 0 Å². The van der Waals surface area contributed by atoms with Crippen molar-refractivity contribution in [2.75, 3.05) is 11.9 Å². The highest BCUT2D eigenvalue weighted by Crippen LogP contribution is 2.15. The summed E-state index contributed by atoms with van der Waals surface area (Å²) in [6.45, 7) is 14.1. The van der Waals surface area contributed by atoms with Gasteiger partial charge in [-0.2, -0.15) is 14.0 Å². The Morgan fingerprint density at radius 3 is 2.08 bits per heavy atom. The maximum Gasteiger partial charge on any atom is 0.338 e. The second-order valence-corrected chi connectivity index (χ2v) is 7.02. The average Bonchev–Trinajstić information content (AvgIpc) is 2.44. The molecule has 1 aromatic carbocycles. The third-order valence-corrected chi connectivity index (χ3v) is 2.51. The molecular formula is C17H25ClN2O6. The molecule has 0 saturated heterocycles. The van der Waals surface area contributed by atoms with E-state index < -0.39 is 10.2 Å². The predicted octanol–water partition coefficient (Wildman–Crippen LogP) is -0.0757. The third kappa shape index (κ3) is 12.4. The number of hydrogen-bond acceptors (Lipinski definition) is 7. The maximum atomic E-state index is 11.6. The fourth-order valence-electron chi connectivity index (χ4n) is 1.61. The molecule has 0 aromatic heterocycles. The molecule has 1 rings (SSSR count). The van der Waals surface area contributed by atoms with Crippen LogP contribution in [0.5, 0.6) is 0 Å². The van der Waals surface area contributed by atoms with Crippen LogP contribution in [0, 0.1) is 10.2 Å². The molecular weight excluding hydrogens is 364 g/mol. The molecule has 0 fully saturated rings. The molecule has 26 heavy (non-hydrogen) atoms. The van der Waals surface area contributed by atoms with Crippen molar-refractivity contribution in [1.82, 2.24) is 0 Å². The van der Waals surface area contributed by atoms with E-state index in [1.165, 1.54) is 0 Å². The molecule has 0 aliphatic carbocycles. The number of hydrogen-bond donors (Lipinski definition) is 2. The zero-order valence-electron chi connectivity index (χ0n) is 15.5. The molecule has 1 aromatic rings. The number of nitrogens with one attached hydrogen (secondary N) is 1. The monoisotopic (exact) mass is 388 g/mol. The maximum absolute atomic E-state index is 11.6. The number of amidine groups is 1. The minimum absolute atomic E-state index is 0.188. The predicted molar refractivity (Wildman–Crippen MR) is 90.2 cm³/mol. The molecule has 0 aliphatic rings. The second kappa shape index (κ2) is 10.2. The van der Waals surface area contributed by atoms with E-state index in [-0.39, 0.29) is 11.5 Å². The van der Waals surface area contributed by atoms with Crippen LogP contribution in [0.15, 0.2) is 41.4 Å². The summed E-state index contributed by atoms with van der Waals surface area (Å²) >= 11 is 0. The summed E-state index contributed by atoms with van der Waals surface area (Å²) in [5, 5.41) is 3.23. The molecule has 0 saturated carbocycles. The molecule has 0 heterocycles. The van der Waals surface area contributed by atoms with E-state index in [9.17, 15) is 4.79 Å². The van der Waals surface area contributed by atoms with Gasteiger partial charge in [0.25, 0.3) is 0 Å². The number of carbonyl (C=O) groups excluding carboxylic acids is 1. The minimum atomic E-state index is -4.69. The van der Waals surface area contributed by atoms with Crippen LogP contribution in [0.2, 0.25) is 0 Å². The number of rotatable bonds is 4. The molecule has 0 aliphatic heterocycles. The highest BCUT2D eigenvalue weighted by atomic mass is 35.7. The number of aliphatic imine (C=N–C) groups is 1. The lowest BCUT2D eigenvalue weighted by Crippen LogP contribution is -2.58. The van der Waals surface area contributed by atoms with E-state index in [2.05, 4.69) is 16.9 Å². The summed E-state index contributed by atoms with van der Waals surface area (Å²) in [4.78, 5) is 16.2. The van der Waals surface area contributed by atoms with Crippen LogP contribution in [0.25, 0.3) is 0 Å². The number of anilines is 1. The number of halogens is 1. The summed E-state index contributed by atoms with van der Waals surface area (Å²) in [5.41, 5.74) is 2.06. The van der Waals surface area contributed by atoms with Crippen molar-refractivity contribution >= 4 is 17.5 Å². The fourth-order valence-corrected chi connectivity index (χ4v) is 1.61. The molecule has 0 bridgehead atoms. The highest BCUT2D eigenvalue weighted by molar-refractivity contribution is 6.07. The summed E-state index contributed by atoms with van der Waals surface area (Å²) in [6.07, 6.45) is 0. The molecule has 0 spiro atoms. The van der Waals surface area contributed by atoms with Crippen LogP contribution in [0.4, 0.5) is 5.69 Å². The number of benzene rings is 1. The lowest BCUT2D eigenvalue weighted by atomic mass is 10.1. The smallest absolute Gasteiger partial charge is 0.338 e. The number of ether oxygens (including phenoxy) is 1. The summed E-state index contributed by atoms with van der Waals surface area (Å²) in [6, 6.07) is 7.11. The van der Waals surface area contributed by atoms with Gasteiger partial charge in [0.1, 0.15) is 5.84 Å². The molecule has 0 unspecified atom stereocenters. The Hall–Kier alpha value is -1.97. The Kier molecular flexibility index (Phi) is 9.47. The second-order valence-electron chi connectivity index (χ2n) is 6.23. The minimum Gasteiger partial charge on any atom is -0.462 e. The van der Waals surface area contributed by atoms with E-state index in [1.54, 1.807) is 19.1 Å². The van der Waals surface area contributed by atoms with Gasteiger partial charge in [0.05, 0.1) is 32.6 Å². The lowest BCUT2D eigenvalue weighted by molar-refractivity contribution is -1.92. The van der Waals surface area contributed by atoms with Crippen molar-refractivity contribution < 1.29 is 38.4 Å².